The van der Waals surface area contributed by atoms with Crippen LogP contribution < -0.4 is 9.62 Å². The van der Waals surface area contributed by atoms with E-state index in [1.165, 1.54) is 0 Å². The van der Waals surface area contributed by atoms with Crippen molar-refractivity contribution < 1.29 is 8.42 Å². The third kappa shape index (κ3) is 4.28. The summed E-state index contributed by atoms with van der Waals surface area (Å²) in [6, 6.07) is 5.85. The highest BCUT2D eigenvalue weighted by Crippen LogP contribution is 2.14. The van der Waals surface area contributed by atoms with E-state index in [1.54, 1.807) is 6.20 Å². The van der Waals surface area contributed by atoms with Crippen LogP contribution in [0.2, 0.25) is 0 Å². The van der Waals surface area contributed by atoms with Crippen LogP contribution in [0.25, 0.3) is 5.69 Å². The molecule has 0 amide bonds. The van der Waals surface area contributed by atoms with Crippen LogP contribution >= 0.6 is 0 Å². The molecular weight excluding hydrogens is 302 g/mol. The first-order valence-electron chi connectivity index (χ1n) is 6.92. The molecule has 1 N–H and O–H groups in total. The largest absolute Gasteiger partial charge is 0.358 e. The monoisotopic (exact) mass is 323 g/mol. The number of anilines is 1. The van der Waals surface area contributed by atoms with Crippen LogP contribution in [0.15, 0.2) is 24.4 Å². The number of likely N-dealkylation sites (N-methyl/N-ethyl adjacent to an activating group) is 1. The summed E-state index contributed by atoms with van der Waals surface area (Å²) in [5, 5.41) is 4.42. The lowest BCUT2D eigenvalue weighted by Gasteiger charge is -2.18. The summed E-state index contributed by atoms with van der Waals surface area (Å²) in [4.78, 5) is 6.30. The molecule has 0 saturated heterocycles. The van der Waals surface area contributed by atoms with Crippen LogP contribution in [0.1, 0.15) is 11.4 Å². The van der Waals surface area contributed by atoms with Crippen LogP contribution in [-0.4, -0.2) is 49.6 Å². The van der Waals surface area contributed by atoms with E-state index < -0.39 is 10.0 Å². The Hall–Kier alpha value is -1.93. The summed E-state index contributed by atoms with van der Waals surface area (Å²) in [6.07, 6.45) is 2.91. The van der Waals surface area contributed by atoms with Crippen LogP contribution in [0.5, 0.6) is 0 Å². The van der Waals surface area contributed by atoms with Gasteiger partial charge in [-0.3, -0.25) is 0 Å². The predicted octanol–water partition coefficient (Wildman–Crippen LogP) is 0.870. The van der Waals surface area contributed by atoms with Crippen molar-refractivity contribution in [1.82, 2.24) is 19.5 Å². The number of nitrogens with zero attached hydrogens (tertiary/aromatic N) is 4. The zero-order valence-corrected chi connectivity index (χ0v) is 14.1. The molecule has 0 aliphatic heterocycles. The maximum Gasteiger partial charge on any atom is 0.208 e. The van der Waals surface area contributed by atoms with E-state index in [0.717, 1.165) is 29.1 Å². The zero-order valence-electron chi connectivity index (χ0n) is 13.2. The van der Waals surface area contributed by atoms with Gasteiger partial charge in [-0.15, -0.1) is 0 Å². The van der Waals surface area contributed by atoms with Crippen molar-refractivity contribution in [1.29, 1.82) is 0 Å². The summed E-state index contributed by atoms with van der Waals surface area (Å²) in [6.45, 7) is 4.83. The lowest BCUT2D eigenvalue weighted by molar-refractivity contribution is 0.587. The molecule has 0 spiro atoms. The number of pyridine rings is 1. The molecule has 0 radical (unpaired) electrons. The summed E-state index contributed by atoms with van der Waals surface area (Å²) >= 11 is 0. The Bertz CT molecular complexity index is 737. The van der Waals surface area contributed by atoms with Crippen molar-refractivity contribution in [2.45, 2.75) is 13.8 Å². The van der Waals surface area contributed by atoms with Crippen LogP contribution in [-0.2, 0) is 10.0 Å². The first-order chi connectivity index (χ1) is 10.3. The summed E-state index contributed by atoms with van der Waals surface area (Å²) in [5.74, 6) is 0.778. The fourth-order valence-electron chi connectivity index (χ4n) is 2.13. The third-order valence-electron chi connectivity index (χ3n) is 3.19. The van der Waals surface area contributed by atoms with Gasteiger partial charge in [-0.2, -0.15) is 5.10 Å². The lowest BCUT2D eigenvalue weighted by atomic mass is 10.3. The van der Waals surface area contributed by atoms with Gasteiger partial charge in [0.25, 0.3) is 0 Å². The standard InChI is InChI=1S/C14H21N5O2S/c1-11-9-12(2)19(17-11)13-5-6-14(15-10-13)18(3)8-7-16-22(4,20)21/h5-6,9-10,16H,7-8H2,1-4H3. The quantitative estimate of drug-likeness (QED) is 0.853. The molecule has 0 unspecified atom stereocenters. The Morgan fingerprint density at radius 2 is 2.05 bits per heavy atom. The van der Waals surface area contributed by atoms with Gasteiger partial charge in [-0.25, -0.2) is 22.8 Å². The van der Waals surface area contributed by atoms with E-state index in [2.05, 4.69) is 14.8 Å². The highest BCUT2D eigenvalue weighted by Gasteiger charge is 2.07. The summed E-state index contributed by atoms with van der Waals surface area (Å²) < 4.78 is 26.4. The highest BCUT2D eigenvalue weighted by atomic mass is 32.2. The number of aryl methyl sites for hydroxylation is 2. The van der Waals surface area contributed by atoms with Crippen LogP contribution in [0, 0.1) is 13.8 Å². The second-order valence-electron chi connectivity index (χ2n) is 5.30. The second-order valence-corrected chi connectivity index (χ2v) is 7.13. The molecule has 2 aromatic rings. The molecule has 120 valence electrons. The Morgan fingerprint density at radius 1 is 1.32 bits per heavy atom. The average molecular weight is 323 g/mol. The van der Waals surface area contributed by atoms with E-state index in [-0.39, 0.29) is 0 Å². The van der Waals surface area contributed by atoms with E-state index >= 15 is 0 Å². The van der Waals surface area contributed by atoms with Gasteiger partial charge < -0.3 is 4.90 Å². The van der Waals surface area contributed by atoms with Crippen LogP contribution in [0.4, 0.5) is 5.82 Å². The zero-order chi connectivity index (χ0) is 16.3. The molecule has 0 aliphatic carbocycles. The molecule has 0 atom stereocenters. The van der Waals surface area contributed by atoms with E-state index in [9.17, 15) is 8.42 Å². The van der Waals surface area contributed by atoms with Gasteiger partial charge in [-0.1, -0.05) is 0 Å². The average Bonchev–Trinajstić information content (AvgIpc) is 2.76. The number of hydrogen-bond acceptors (Lipinski definition) is 5. The molecule has 7 nitrogen and oxygen atoms in total. The van der Waals surface area contributed by atoms with Crippen molar-refractivity contribution in [3.63, 3.8) is 0 Å². The Kier molecular flexibility index (Phi) is 4.82. The number of sulfonamides is 1. The Labute approximate surface area is 131 Å². The van der Waals surface area contributed by atoms with Crippen molar-refractivity contribution in [3.05, 3.63) is 35.8 Å². The fraction of sp³-hybridized carbons (Fsp3) is 0.429. The first-order valence-corrected chi connectivity index (χ1v) is 8.81. The second kappa shape index (κ2) is 6.45. The molecule has 0 bridgehead atoms. The molecule has 0 aliphatic rings. The minimum atomic E-state index is -3.16. The topological polar surface area (TPSA) is 80.1 Å². The van der Waals surface area contributed by atoms with Crippen molar-refractivity contribution >= 4 is 15.8 Å². The molecule has 0 fully saturated rings. The minimum absolute atomic E-state index is 0.343. The predicted molar refractivity (Wildman–Crippen MR) is 86.9 cm³/mol. The summed E-state index contributed by atoms with van der Waals surface area (Å²) in [7, 11) is -1.29. The fourth-order valence-corrected chi connectivity index (χ4v) is 2.60. The van der Waals surface area contributed by atoms with E-state index in [0.29, 0.717) is 13.1 Å². The van der Waals surface area contributed by atoms with Crippen molar-refractivity contribution in [3.8, 4) is 5.69 Å². The molecule has 8 heteroatoms. The first kappa shape index (κ1) is 16.4. The molecule has 2 rings (SSSR count). The SMILES string of the molecule is Cc1cc(C)n(-c2ccc(N(C)CCNS(C)(=O)=O)nc2)n1. The smallest absolute Gasteiger partial charge is 0.208 e. The Morgan fingerprint density at radius 3 is 2.55 bits per heavy atom. The van der Waals surface area contributed by atoms with Gasteiger partial charge in [0, 0.05) is 25.8 Å². The van der Waals surface area contributed by atoms with Gasteiger partial charge in [0.1, 0.15) is 5.82 Å². The lowest BCUT2D eigenvalue weighted by Crippen LogP contribution is -2.32. The number of nitrogens with one attached hydrogen (secondary N) is 1. The normalized spacial score (nSPS) is 11.6. The van der Waals surface area contributed by atoms with Gasteiger partial charge in [0.15, 0.2) is 0 Å². The highest BCUT2D eigenvalue weighted by molar-refractivity contribution is 7.88. The van der Waals surface area contributed by atoms with Gasteiger partial charge >= 0.3 is 0 Å². The van der Waals surface area contributed by atoms with Crippen molar-refractivity contribution in [2.75, 3.05) is 31.3 Å². The number of aromatic nitrogens is 3. The Balaban J connectivity index is 2.04. The molecule has 2 aromatic heterocycles. The van der Waals surface area contributed by atoms with E-state index in [4.69, 9.17) is 0 Å². The van der Waals surface area contributed by atoms with Crippen molar-refractivity contribution in [2.24, 2.45) is 0 Å². The molecule has 2 heterocycles. The molecular formula is C14H21N5O2S. The number of rotatable bonds is 6. The summed E-state index contributed by atoms with van der Waals surface area (Å²) in [5.41, 5.74) is 2.92. The van der Waals surface area contributed by atoms with E-state index in [1.807, 2.05) is 48.7 Å². The maximum absolute atomic E-state index is 11.0. The minimum Gasteiger partial charge on any atom is -0.358 e. The van der Waals surface area contributed by atoms with Gasteiger partial charge in [0.2, 0.25) is 10.0 Å². The number of hydrogen-bond donors (Lipinski definition) is 1. The van der Waals surface area contributed by atoms with Crippen LogP contribution in [0.3, 0.4) is 0 Å². The molecule has 22 heavy (non-hydrogen) atoms. The maximum atomic E-state index is 11.0. The van der Waals surface area contributed by atoms with Gasteiger partial charge in [0.05, 0.1) is 23.8 Å². The third-order valence-corrected chi connectivity index (χ3v) is 3.92. The van der Waals surface area contributed by atoms with Gasteiger partial charge in [-0.05, 0) is 32.0 Å². The molecule has 0 saturated carbocycles. The molecule has 0 aromatic carbocycles.